The molecule has 0 fully saturated rings. The molecule has 3 rings (SSSR count). The Morgan fingerprint density at radius 3 is 2.68 bits per heavy atom. The minimum atomic E-state index is -0.407. The molecule has 0 radical (unpaired) electrons. The van der Waals surface area contributed by atoms with Crippen LogP contribution in [0.4, 0.5) is 5.69 Å². The van der Waals surface area contributed by atoms with Gasteiger partial charge in [0.2, 0.25) is 0 Å². The number of anilines is 1. The Morgan fingerprint density at radius 2 is 2.04 bits per heavy atom. The number of thioether (sulfide) groups is 1. The lowest BCUT2D eigenvalue weighted by molar-refractivity contribution is 0.102. The number of nitrogens with two attached hydrogens (primary N) is 1. The van der Waals surface area contributed by atoms with Crippen molar-refractivity contribution in [2.24, 2.45) is 10.7 Å². The average molecular weight is 485 g/mol. The second-order valence-corrected chi connectivity index (χ2v) is 8.67. The number of hydrogen-bond acceptors (Lipinski definition) is 5. The molecule has 1 atom stereocenters. The molecule has 0 saturated heterocycles. The number of ether oxygens (including phenoxy) is 1. The zero-order valence-electron chi connectivity index (χ0n) is 15.7. The molecule has 0 aliphatic carbocycles. The number of carbonyl (C=O) groups excluding carboxylic acids is 1. The van der Waals surface area contributed by atoms with Crippen molar-refractivity contribution in [1.29, 1.82) is 0 Å². The zero-order valence-corrected chi connectivity index (χ0v) is 18.9. The van der Waals surface area contributed by atoms with E-state index in [0.29, 0.717) is 17.3 Å². The molecule has 1 unspecified atom stereocenters. The van der Waals surface area contributed by atoms with Crippen LogP contribution in [-0.4, -0.2) is 23.9 Å². The number of amides is 1. The van der Waals surface area contributed by atoms with Gasteiger partial charge in [0.25, 0.3) is 5.91 Å². The van der Waals surface area contributed by atoms with Crippen LogP contribution in [0.2, 0.25) is 0 Å². The van der Waals surface area contributed by atoms with Crippen molar-refractivity contribution in [3.63, 3.8) is 0 Å². The van der Waals surface area contributed by atoms with Crippen molar-refractivity contribution >= 4 is 56.9 Å². The molecule has 1 aliphatic heterocycles. The summed E-state index contributed by atoms with van der Waals surface area (Å²) in [7, 11) is 1.65. The van der Waals surface area contributed by atoms with Crippen molar-refractivity contribution in [1.82, 2.24) is 0 Å². The Bertz CT molecular complexity index is 876. The van der Waals surface area contributed by atoms with Crippen LogP contribution in [0.5, 0.6) is 0 Å². The Balaban J connectivity index is 0.00000280. The number of nitrogens with one attached hydrogen (secondary N) is 1. The zero-order chi connectivity index (χ0) is 19.4. The number of benzene rings is 2. The van der Waals surface area contributed by atoms with E-state index >= 15 is 0 Å². The lowest BCUT2D eigenvalue weighted by Gasteiger charge is -2.30. The monoisotopic (exact) mass is 483 g/mol. The molecule has 0 spiro atoms. The van der Waals surface area contributed by atoms with Crippen molar-refractivity contribution in [2.45, 2.75) is 25.5 Å². The summed E-state index contributed by atoms with van der Waals surface area (Å²) in [5, 5.41) is 3.59. The van der Waals surface area contributed by atoms with E-state index in [9.17, 15) is 4.79 Å². The van der Waals surface area contributed by atoms with E-state index in [4.69, 9.17) is 10.5 Å². The van der Waals surface area contributed by atoms with Gasteiger partial charge in [-0.15, -0.1) is 12.4 Å². The highest BCUT2D eigenvalue weighted by atomic mass is 79.9. The number of rotatable bonds is 5. The van der Waals surface area contributed by atoms with E-state index in [1.165, 1.54) is 0 Å². The normalized spacial score (nSPS) is 18.8. The topological polar surface area (TPSA) is 76.7 Å². The highest BCUT2D eigenvalue weighted by Crippen LogP contribution is 2.36. The van der Waals surface area contributed by atoms with Gasteiger partial charge in [-0.2, -0.15) is 0 Å². The fraction of sp³-hybridized carbons (Fsp3) is 0.300. The van der Waals surface area contributed by atoms with Gasteiger partial charge in [-0.1, -0.05) is 33.8 Å². The van der Waals surface area contributed by atoms with E-state index in [1.54, 1.807) is 31.0 Å². The quantitative estimate of drug-likeness (QED) is 0.630. The van der Waals surface area contributed by atoms with Gasteiger partial charge in [0.05, 0.1) is 12.1 Å². The second kappa shape index (κ2) is 9.78. The Morgan fingerprint density at radius 1 is 1.32 bits per heavy atom. The van der Waals surface area contributed by atoms with Gasteiger partial charge < -0.3 is 15.8 Å². The third-order valence-electron chi connectivity index (χ3n) is 4.49. The van der Waals surface area contributed by atoms with Crippen LogP contribution in [0.3, 0.4) is 0 Å². The maximum Gasteiger partial charge on any atom is 0.255 e. The SMILES string of the molecule is COCc1cc(NC(=O)c2ccc(Br)cc2)cc(C2(C)CCSC(N)=N2)c1.Cl. The van der Waals surface area contributed by atoms with Gasteiger partial charge in [-0.05, 0) is 60.9 Å². The van der Waals surface area contributed by atoms with Crippen LogP contribution >= 0.6 is 40.1 Å². The molecule has 0 saturated carbocycles. The third-order valence-corrected chi connectivity index (χ3v) is 5.81. The predicted molar refractivity (Wildman–Crippen MR) is 123 cm³/mol. The minimum absolute atomic E-state index is 0. The second-order valence-electron chi connectivity index (χ2n) is 6.63. The van der Waals surface area contributed by atoms with Crippen LogP contribution in [0.15, 0.2) is 51.9 Å². The Kier molecular flexibility index (Phi) is 7.95. The fourth-order valence-corrected chi connectivity index (χ4v) is 4.26. The smallest absolute Gasteiger partial charge is 0.255 e. The summed E-state index contributed by atoms with van der Waals surface area (Å²) in [5.74, 6) is 0.761. The summed E-state index contributed by atoms with van der Waals surface area (Å²) in [5.41, 5.74) is 8.88. The van der Waals surface area contributed by atoms with Crippen LogP contribution in [0, 0.1) is 0 Å². The molecule has 150 valence electrons. The van der Waals surface area contributed by atoms with Gasteiger partial charge in [0.1, 0.15) is 0 Å². The highest BCUT2D eigenvalue weighted by Gasteiger charge is 2.30. The number of aliphatic imine (C=N–C) groups is 1. The van der Waals surface area contributed by atoms with Gasteiger partial charge in [-0.3, -0.25) is 9.79 Å². The lowest BCUT2D eigenvalue weighted by atomic mass is 9.88. The molecule has 2 aromatic carbocycles. The molecule has 0 aromatic heterocycles. The highest BCUT2D eigenvalue weighted by molar-refractivity contribution is 9.10. The van der Waals surface area contributed by atoms with E-state index in [2.05, 4.69) is 39.2 Å². The number of methoxy groups -OCH3 is 1. The molecular formula is C20H23BrClN3O2S. The Labute approximate surface area is 184 Å². The largest absolute Gasteiger partial charge is 0.380 e. The molecule has 8 heteroatoms. The molecule has 3 N–H and O–H groups in total. The van der Waals surface area contributed by atoms with Crippen molar-refractivity contribution in [3.05, 3.63) is 63.6 Å². The average Bonchev–Trinajstić information content (AvgIpc) is 2.62. The van der Waals surface area contributed by atoms with E-state index in [1.807, 2.05) is 24.3 Å². The van der Waals surface area contributed by atoms with Crippen LogP contribution in [0.25, 0.3) is 0 Å². The number of nitrogens with zero attached hydrogens (tertiary/aromatic N) is 1. The molecule has 1 amide bonds. The maximum absolute atomic E-state index is 12.6. The van der Waals surface area contributed by atoms with Crippen molar-refractivity contribution in [2.75, 3.05) is 18.2 Å². The number of halogens is 2. The summed E-state index contributed by atoms with van der Waals surface area (Å²) < 4.78 is 6.23. The molecule has 5 nitrogen and oxygen atoms in total. The molecule has 1 aliphatic rings. The van der Waals surface area contributed by atoms with Crippen LogP contribution in [-0.2, 0) is 16.9 Å². The van der Waals surface area contributed by atoms with Crippen LogP contribution < -0.4 is 11.1 Å². The number of hydrogen-bond donors (Lipinski definition) is 2. The van der Waals surface area contributed by atoms with Crippen molar-refractivity contribution in [3.8, 4) is 0 Å². The number of amidine groups is 1. The molecule has 28 heavy (non-hydrogen) atoms. The first-order valence-electron chi connectivity index (χ1n) is 8.58. The molecule has 0 bridgehead atoms. The predicted octanol–water partition coefficient (Wildman–Crippen LogP) is 4.94. The minimum Gasteiger partial charge on any atom is -0.380 e. The summed E-state index contributed by atoms with van der Waals surface area (Å²) >= 11 is 4.95. The first-order valence-corrected chi connectivity index (χ1v) is 10.4. The molecular weight excluding hydrogens is 462 g/mol. The number of carbonyl (C=O) groups is 1. The third kappa shape index (κ3) is 5.50. The Hall–Kier alpha value is -1.54. The summed E-state index contributed by atoms with van der Waals surface area (Å²) in [6.07, 6.45) is 0.884. The summed E-state index contributed by atoms with van der Waals surface area (Å²) in [6.45, 7) is 2.53. The van der Waals surface area contributed by atoms with E-state index in [-0.39, 0.29) is 18.3 Å². The molecule has 1 heterocycles. The van der Waals surface area contributed by atoms with E-state index < -0.39 is 5.54 Å². The van der Waals surface area contributed by atoms with Crippen molar-refractivity contribution < 1.29 is 9.53 Å². The first kappa shape index (κ1) is 22.7. The van der Waals surface area contributed by atoms with Crippen LogP contribution in [0.1, 0.15) is 34.8 Å². The maximum atomic E-state index is 12.6. The van der Waals surface area contributed by atoms with Gasteiger partial charge in [-0.25, -0.2) is 0 Å². The van der Waals surface area contributed by atoms with E-state index in [0.717, 1.165) is 33.5 Å². The van der Waals surface area contributed by atoms with Gasteiger partial charge in [0.15, 0.2) is 5.17 Å². The lowest BCUT2D eigenvalue weighted by Crippen LogP contribution is -2.29. The fourth-order valence-electron chi connectivity index (χ4n) is 3.02. The summed E-state index contributed by atoms with van der Waals surface area (Å²) in [6, 6.07) is 13.2. The standard InChI is InChI=1S/C20H22BrN3O2S.ClH/c1-20(7-8-27-19(22)24-20)15-9-13(12-26-2)10-17(11-15)23-18(25)14-3-5-16(21)6-4-14;/h3-6,9-11H,7-8,12H2,1-2H3,(H2,22,24)(H,23,25);1H. The summed E-state index contributed by atoms with van der Waals surface area (Å²) in [4.78, 5) is 17.3. The van der Waals surface area contributed by atoms with Gasteiger partial charge in [0, 0.05) is 28.6 Å². The van der Waals surface area contributed by atoms with Gasteiger partial charge >= 0.3 is 0 Å². The first-order chi connectivity index (χ1) is 12.9. The molecule has 2 aromatic rings.